The Morgan fingerprint density at radius 2 is 1.91 bits per heavy atom. The molecule has 0 radical (unpaired) electrons. The number of aliphatic carboxylic acids is 1. The number of hydrogen-bond acceptors (Lipinski definition) is 3. The van der Waals surface area contributed by atoms with E-state index in [2.05, 4.69) is 10.4 Å². The average Bonchev–Trinajstić information content (AvgIpc) is 2.97. The van der Waals surface area contributed by atoms with Crippen LogP contribution in [0.5, 0.6) is 0 Å². The summed E-state index contributed by atoms with van der Waals surface area (Å²) in [5.41, 5.74) is 2.58. The zero-order chi connectivity index (χ0) is 16.7. The predicted molar refractivity (Wildman–Crippen MR) is 86.7 cm³/mol. The second-order valence-electron chi connectivity index (χ2n) is 5.47. The first-order valence-electron chi connectivity index (χ1n) is 7.68. The highest BCUT2D eigenvalue weighted by Gasteiger charge is 2.06. The fourth-order valence-corrected chi connectivity index (χ4v) is 2.20. The van der Waals surface area contributed by atoms with Gasteiger partial charge < -0.3 is 10.4 Å². The average molecular weight is 315 g/mol. The minimum absolute atomic E-state index is 0.119. The number of carboxylic acids is 1. The molecule has 0 atom stereocenters. The Morgan fingerprint density at radius 3 is 2.52 bits per heavy atom. The van der Waals surface area contributed by atoms with Crippen molar-refractivity contribution in [3.63, 3.8) is 0 Å². The summed E-state index contributed by atoms with van der Waals surface area (Å²) in [6.45, 7) is 2.53. The molecule has 6 heteroatoms. The van der Waals surface area contributed by atoms with E-state index in [0.717, 1.165) is 24.1 Å². The number of amides is 1. The van der Waals surface area contributed by atoms with Crippen LogP contribution in [-0.4, -0.2) is 33.3 Å². The Morgan fingerprint density at radius 1 is 1.17 bits per heavy atom. The topological polar surface area (TPSA) is 84.2 Å². The van der Waals surface area contributed by atoms with Gasteiger partial charge in [0, 0.05) is 24.7 Å². The third-order valence-corrected chi connectivity index (χ3v) is 3.46. The molecule has 0 aliphatic carbocycles. The number of benzene rings is 1. The maximum Gasteiger partial charge on any atom is 0.303 e. The van der Waals surface area contributed by atoms with Crippen molar-refractivity contribution in [1.82, 2.24) is 15.1 Å². The van der Waals surface area contributed by atoms with Crippen LogP contribution in [0, 0.1) is 6.92 Å². The second-order valence-corrected chi connectivity index (χ2v) is 5.47. The maximum atomic E-state index is 12.0. The highest BCUT2D eigenvalue weighted by molar-refractivity contribution is 5.94. The van der Waals surface area contributed by atoms with E-state index in [1.54, 1.807) is 23.0 Å². The van der Waals surface area contributed by atoms with Gasteiger partial charge >= 0.3 is 5.97 Å². The lowest BCUT2D eigenvalue weighted by Gasteiger charge is -2.06. The molecule has 1 aromatic heterocycles. The molecule has 2 aromatic rings. The number of nitrogens with zero attached hydrogens (tertiary/aromatic N) is 2. The Hall–Kier alpha value is -2.63. The van der Waals surface area contributed by atoms with Crippen LogP contribution in [-0.2, 0) is 4.79 Å². The van der Waals surface area contributed by atoms with Gasteiger partial charge in [0.2, 0.25) is 0 Å². The van der Waals surface area contributed by atoms with E-state index in [9.17, 15) is 9.59 Å². The number of carbonyl (C=O) groups is 2. The highest BCUT2D eigenvalue weighted by atomic mass is 16.4. The summed E-state index contributed by atoms with van der Waals surface area (Å²) in [6.07, 6.45) is 6.11. The van der Waals surface area contributed by atoms with E-state index in [1.165, 1.54) is 0 Å². The maximum absolute atomic E-state index is 12.0. The second kappa shape index (κ2) is 8.12. The number of carbonyl (C=O) groups excluding carboxylic acids is 1. The van der Waals surface area contributed by atoms with Gasteiger partial charge in [-0.3, -0.25) is 9.59 Å². The first-order chi connectivity index (χ1) is 11.1. The van der Waals surface area contributed by atoms with Crippen LogP contribution in [0.1, 0.15) is 41.6 Å². The molecular formula is C17H21N3O3. The fraction of sp³-hybridized carbons (Fsp3) is 0.353. The van der Waals surface area contributed by atoms with E-state index < -0.39 is 5.97 Å². The van der Waals surface area contributed by atoms with Crippen molar-refractivity contribution in [3.8, 4) is 5.69 Å². The van der Waals surface area contributed by atoms with Crippen LogP contribution >= 0.6 is 0 Å². The van der Waals surface area contributed by atoms with Gasteiger partial charge in [-0.2, -0.15) is 5.10 Å². The molecule has 23 heavy (non-hydrogen) atoms. The van der Waals surface area contributed by atoms with Crippen LogP contribution in [0.4, 0.5) is 0 Å². The molecule has 0 saturated heterocycles. The first-order valence-corrected chi connectivity index (χ1v) is 7.68. The molecule has 0 fully saturated rings. The predicted octanol–water partition coefficient (Wildman–Crippen LogP) is 2.56. The monoisotopic (exact) mass is 315 g/mol. The lowest BCUT2D eigenvalue weighted by molar-refractivity contribution is -0.137. The summed E-state index contributed by atoms with van der Waals surface area (Å²) in [4.78, 5) is 22.4. The number of aryl methyl sites for hydroxylation is 1. The molecular weight excluding hydrogens is 294 g/mol. The molecule has 0 unspecified atom stereocenters. The smallest absolute Gasteiger partial charge is 0.303 e. The molecule has 1 heterocycles. The summed E-state index contributed by atoms with van der Waals surface area (Å²) in [5.74, 6) is -0.895. The minimum Gasteiger partial charge on any atom is -0.481 e. The molecule has 0 aliphatic heterocycles. The lowest BCUT2D eigenvalue weighted by atomic mass is 10.1. The Labute approximate surface area is 135 Å². The normalized spacial score (nSPS) is 10.5. The number of carboxylic acid groups (broad SMARTS) is 1. The number of hydrogen-bond donors (Lipinski definition) is 2. The molecule has 0 bridgehead atoms. The van der Waals surface area contributed by atoms with Gasteiger partial charge in [0.05, 0.1) is 11.9 Å². The zero-order valence-corrected chi connectivity index (χ0v) is 13.2. The number of nitrogens with one attached hydrogen (secondary N) is 1. The van der Waals surface area contributed by atoms with Gasteiger partial charge in [0.25, 0.3) is 5.91 Å². The van der Waals surface area contributed by atoms with Crippen LogP contribution in [0.25, 0.3) is 5.69 Å². The van der Waals surface area contributed by atoms with Crippen LogP contribution in [0.2, 0.25) is 0 Å². The van der Waals surface area contributed by atoms with Crippen molar-refractivity contribution in [3.05, 3.63) is 47.8 Å². The molecule has 1 aromatic carbocycles. The van der Waals surface area contributed by atoms with E-state index >= 15 is 0 Å². The number of rotatable bonds is 8. The molecule has 2 rings (SSSR count). The quantitative estimate of drug-likeness (QED) is 0.733. The first kappa shape index (κ1) is 16.7. The summed E-state index contributed by atoms with van der Waals surface area (Å²) < 4.78 is 1.76. The summed E-state index contributed by atoms with van der Waals surface area (Å²) in [7, 11) is 0. The van der Waals surface area contributed by atoms with E-state index in [4.69, 9.17) is 5.11 Å². The van der Waals surface area contributed by atoms with Crippen LogP contribution in [0.3, 0.4) is 0 Å². The van der Waals surface area contributed by atoms with Crippen molar-refractivity contribution in [2.45, 2.75) is 32.6 Å². The highest BCUT2D eigenvalue weighted by Crippen LogP contribution is 2.10. The summed E-state index contributed by atoms with van der Waals surface area (Å²) in [6, 6.07) is 7.25. The molecule has 0 spiro atoms. The van der Waals surface area contributed by atoms with Gasteiger partial charge in [-0.1, -0.05) is 6.42 Å². The third-order valence-electron chi connectivity index (χ3n) is 3.46. The van der Waals surface area contributed by atoms with Gasteiger partial charge in [-0.25, -0.2) is 4.68 Å². The Bertz CT molecular complexity index is 662. The summed E-state index contributed by atoms with van der Waals surface area (Å²) in [5, 5.41) is 15.6. The Balaban J connectivity index is 1.78. The van der Waals surface area contributed by atoms with E-state index in [-0.39, 0.29) is 12.3 Å². The lowest BCUT2D eigenvalue weighted by Crippen LogP contribution is -2.24. The van der Waals surface area contributed by atoms with Gasteiger partial charge in [0.15, 0.2) is 0 Å². The molecule has 0 aliphatic rings. The van der Waals surface area contributed by atoms with E-state index in [1.807, 2.05) is 25.3 Å². The molecule has 2 N–H and O–H groups in total. The van der Waals surface area contributed by atoms with Crippen molar-refractivity contribution in [2.24, 2.45) is 0 Å². The molecule has 0 saturated carbocycles. The van der Waals surface area contributed by atoms with Crippen molar-refractivity contribution >= 4 is 11.9 Å². The Kier molecular flexibility index (Phi) is 5.91. The molecule has 6 nitrogen and oxygen atoms in total. The van der Waals surface area contributed by atoms with Crippen LogP contribution < -0.4 is 5.32 Å². The zero-order valence-electron chi connectivity index (χ0n) is 13.2. The molecule has 1 amide bonds. The SMILES string of the molecule is Cc1cnn(-c2ccc(C(=O)NCCCCCC(=O)O)cc2)c1. The third kappa shape index (κ3) is 5.25. The molecule has 122 valence electrons. The fourth-order valence-electron chi connectivity index (χ4n) is 2.20. The summed E-state index contributed by atoms with van der Waals surface area (Å²) >= 11 is 0. The van der Waals surface area contributed by atoms with Crippen molar-refractivity contribution in [2.75, 3.05) is 6.54 Å². The van der Waals surface area contributed by atoms with Gasteiger partial charge in [-0.05, 0) is 49.6 Å². The van der Waals surface area contributed by atoms with Crippen molar-refractivity contribution in [1.29, 1.82) is 0 Å². The number of unbranched alkanes of at least 4 members (excludes halogenated alkanes) is 2. The standard InChI is InChI=1S/C17H21N3O3/c1-13-11-19-20(12-13)15-8-6-14(7-9-15)17(23)18-10-4-2-3-5-16(21)22/h6-9,11-12H,2-5,10H2,1H3,(H,18,23)(H,21,22). The van der Waals surface area contributed by atoms with Crippen molar-refractivity contribution < 1.29 is 14.7 Å². The minimum atomic E-state index is -0.776. The van der Waals surface area contributed by atoms with Gasteiger partial charge in [0.1, 0.15) is 0 Å². The van der Waals surface area contributed by atoms with Gasteiger partial charge in [-0.15, -0.1) is 0 Å². The van der Waals surface area contributed by atoms with E-state index in [0.29, 0.717) is 18.5 Å². The van der Waals surface area contributed by atoms with Crippen LogP contribution in [0.15, 0.2) is 36.7 Å². The largest absolute Gasteiger partial charge is 0.481 e. The number of aromatic nitrogens is 2.